The van der Waals surface area contributed by atoms with E-state index < -0.39 is 17.1 Å². The second-order valence-corrected chi connectivity index (χ2v) is 5.69. The fraction of sp³-hybridized carbons (Fsp3) is 0.417. The smallest absolute Gasteiger partial charge is 0.267 e. The van der Waals surface area contributed by atoms with Gasteiger partial charge in [0.1, 0.15) is 5.25 Å². The van der Waals surface area contributed by atoms with E-state index in [1.807, 2.05) is 18.2 Å². The Balaban J connectivity index is 2.21. The molecule has 4 heteroatoms. The van der Waals surface area contributed by atoms with Crippen molar-refractivity contribution in [3.8, 4) is 0 Å². The number of carbonyl (C=O) groups is 1. The SMILES string of the molecule is NC(=O)C[S+]([O-])C1CCCc2ccccc21. The molecule has 1 aliphatic carbocycles. The Morgan fingerprint density at radius 1 is 1.50 bits per heavy atom. The zero-order valence-corrected chi connectivity index (χ0v) is 9.83. The van der Waals surface area contributed by atoms with Crippen LogP contribution >= 0.6 is 0 Å². The molecule has 1 aliphatic rings. The van der Waals surface area contributed by atoms with Gasteiger partial charge in [-0.05, 0) is 36.0 Å². The van der Waals surface area contributed by atoms with Crippen LogP contribution in [0.3, 0.4) is 0 Å². The van der Waals surface area contributed by atoms with Crippen LogP contribution in [0, 0.1) is 0 Å². The zero-order chi connectivity index (χ0) is 11.5. The zero-order valence-electron chi connectivity index (χ0n) is 9.02. The van der Waals surface area contributed by atoms with Crippen LogP contribution in [0.15, 0.2) is 24.3 Å². The molecule has 1 aromatic rings. The van der Waals surface area contributed by atoms with Gasteiger partial charge in [0.15, 0.2) is 5.75 Å². The molecule has 1 amide bonds. The standard InChI is InChI=1S/C12H15NO2S/c13-12(14)8-16(15)11-7-3-5-9-4-1-2-6-10(9)11/h1-2,4,6,11H,3,5,7-8H2,(H2,13,14). The number of fused-ring (bicyclic) bond motifs is 1. The molecule has 2 unspecified atom stereocenters. The Morgan fingerprint density at radius 2 is 2.25 bits per heavy atom. The van der Waals surface area contributed by atoms with Gasteiger partial charge in [-0.2, -0.15) is 0 Å². The summed E-state index contributed by atoms with van der Waals surface area (Å²) in [4.78, 5) is 10.8. The van der Waals surface area contributed by atoms with Gasteiger partial charge < -0.3 is 10.3 Å². The highest BCUT2D eigenvalue weighted by molar-refractivity contribution is 7.92. The van der Waals surface area contributed by atoms with Gasteiger partial charge in [0.2, 0.25) is 0 Å². The van der Waals surface area contributed by atoms with Crippen LogP contribution < -0.4 is 5.73 Å². The number of rotatable bonds is 3. The van der Waals surface area contributed by atoms with Crippen LogP contribution in [0.5, 0.6) is 0 Å². The van der Waals surface area contributed by atoms with Crippen molar-refractivity contribution >= 4 is 17.1 Å². The van der Waals surface area contributed by atoms with Crippen molar-refractivity contribution in [3.63, 3.8) is 0 Å². The average molecular weight is 237 g/mol. The van der Waals surface area contributed by atoms with Gasteiger partial charge in [-0.25, -0.2) is 0 Å². The Hall–Kier alpha value is -1.00. The lowest BCUT2D eigenvalue weighted by Gasteiger charge is -2.27. The maximum Gasteiger partial charge on any atom is 0.267 e. The van der Waals surface area contributed by atoms with Crippen molar-refractivity contribution in [2.24, 2.45) is 5.73 Å². The molecule has 0 radical (unpaired) electrons. The summed E-state index contributed by atoms with van der Waals surface area (Å²) < 4.78 is 12.0. The summed E-state index contributed by atoms with van der Waals surface area (Å²) in [6.45, 7) is 0. The molecule has 16 heavy (non-hydrogen) atoms. The van der Waals surface area contributed by atoms with Crippen LogP contribution in [0.25, 0.3) is 0 Å². The van der Waals surface area contributed by atoms with Crippen molar-refractivity contribution in [1.29, 1.82) is 0 Å². The van der Waals surface area contributed by atoms with E-state index in [0.29, 0.717) is 0 Å². The first-order valence-corrected chi connectivity index (χ1v) is 6.80. The number of primary amides is 1. The molecule has 86 valence electrons. The quantitative estimate of drug-likeness (QED) is 0.805. The highest BCUT2D eigenvalue weighted by atomic mass is 32.2. The van der Waals surface area contributed by atoms with E-state index in [2.05, 4.69) is 6.07 Å². The number of hydrogen-bond acceptors (Lipinski definition) is 2. The first-order valence-electron chi connectivity index (χ1n) is 5.42. The van der Waals surface area contributed by atoms with Gasteiger partial charge in [-0.15, -0.1) is 0 Å². The lowest BCUT2D eigenvalue weighted by Crippen LogP contribution is -2.29. The maximum atomic E-state index is 12.0. The Labute approximate surface area is 98.2 Å². The third kappa shape index (κ3) is 2.39. The van der Waals surface area contributed by atoms with Crippen molar-refractivity contribution in [2.45, 2.75) is 24.5 Å². The maximum absolute atomic E-state index is 12.0. The molecule has 2 N–H and O–H groups in total. The molecule has 2 atom stereocenters. The van der Waals surface area contributed by atoms with Crippen LogP contribution in [0.2, 0.25) is 0 Å². The molecule has 0 spiro atoms. The Kier molecular flexibility index (Phi) is 3.51. The first-order chi connectivity index (χ1) is 7.68. The predicted octanol–water partition coefficient (Wildman–Crippen LogP) is 1.30. The third-order valence-electron chi connectivity index (χ3n) is 2.92. The summed E-state index contributed by atoms with van der Waals surface area (Å²) in [5.41, 5.74) is 7.48. The number of benzene rings is 1. The van der Waals surface area contributed by atoms with E-state index in [1.165, 1.54) is 5.56 Å². The van der Waals surface area contributed by atoms with E-state index >= 15 is 0 Å². The van der Waals surface area contributed by atoms with E-state index in [-0.39, 0.29) is 11.0 Å². The number of nitrogens with two attached hydrogens (primary N) is 1. The summed E-state index contributed by atoms with van der Waals surface area (Å²) in [5.74, 6) is -0.514. The van der Waals surface area contributed by atoms with Crippen LogP contribution in [0.1, 0.15) is 29.2 Å². The van der Waals surface area contributed by atoms with Crippen LogP contribution in [-0.2, 0) is 22.4 Å². The fourth-order valence-electron chi connectivity index (χ4n) is 2.22. The highest BCUT2D eigenvalue weighted by Crippen LogP contribution is 2.35. The minimum Gasteiger partial charge on any atom is -0.615 e. The fourth-order valence-corrected chi connectivity index (χ4v) is 3.65. The summed E-state index contributed by atoms with van der Waals surface area (Å²) in [6.07, 6.45) is 2.96. The molecule has 1 aromatic carbocycles. The highest BCUT2D eigenvalue weighted by Gasteiger charge is 2.30. The van der Waals surface area contributed by atoms with Crippen LogP contribution in [0.4, 0.5) is 0 Å². The summed E-state index contributed by atoms with van der Waals surface area (Å²) in [5, 5.41) is -0.0163. The summed E-state index contributed by atoms with van der Waals surface area (Å²) in [6, 6.07) is 8.04. The third-order valence-corrected chi connectivity index (χ3v) is 4.61. The second kappa shape index (κ2) is 4.89. The second-order valence-electron chi connectivity index (χ2n) is 4.07. The number of carbonyl (C=O) groups excluding carboxylic acids is 1. The molecule has 2 rings (SSSR count). The van der Waals surface area contributed by atoms with E-state index in [1.54, 1.807) is 0 Å². The number of amides is 1. The minimum absolute atomic E-state index is 0.0163. The van der Waals surface area contributed by atoms with Gasteiger partial charge in [0, 0.05) is 5.56 Å². The molecule has 0 bridgehead atoms. The average Bonchev–Trinajstić information content (AvgIpc) is 2.27. The lowest BCUT2D eigenvalue weighted by molar-refractivity contribution is -0.115. The largest absolute Gasteiger partial charge is 0.615 e. The van der Waals surface area contributed by atoms with Crippen molar-refractivity contribution < 1.29 is 9.35 Å². The van der Waals surface area contributed by atoms with Gasteiger partial charge in [0.25, 0.3) is 5.91 Å². The van der Waals surface area contributed by atoms with Crippen molar-refractivity contribution in [1.82, 2.24) is 0 Å². The molecule has 0 saturated heterocycles. The molecular weight excluding hydrogens is 222 g/mol. The monoisotopic (exact) mass is 237 g/mol. The molecule has 0 heterocycles. The molecule has 0 aromatic heterocycles. The normalized spacial score (nSPS) is 21.2. The summed E-state index contributed by atoms with van der Waals surface area (Å²) in [7, 11) is 0. The Morgan fingerprint density at radius 3 is 3.00 bits per heavy atom. The molecular formula is C12H15NO2S. The molecule has 0 fully saturated rings. The molecule has 0 saturated carbocycles. The molecule has 0 aliphatic heterocycles. The van der Waals surface area contributed by atoms with Gasteiger partial charge in [-0.1, -0.05) is 24.3 Å². The Bertz CT molecular complexity index is 394. The minimum atomic E-state index is -1.17. The summed E-state index contributed by atoms with van der Waals surface area (Å²) >= 11 is -1.17. The number of aryl methyl sites for hydroxylation is 1. The first kappa shape index (κ1) is 11.5. The van der Waals surface area contributed by atoms with Crippen LogP contribution in [-0.4, -0.2) is 16.2 Å². The number of hydrogen-bond donors (Lipinski definition) is 1. The van der Waals surface area contributed by atoms with Gasteiger partial charge in [-0.3, -0.25) is 4.79 Å². The molecule has 3 nitrogen and oxygen atoms in total. The topological polar surface area (TPSA) is 66.2 Å². The van der Waals surface area contributed by atoms with E-state index in [9.17, 15) is 9.35 Å². The van der Waals surface area contributed by atoms with E-state index in [0.717, 1.165) is 24.8 Å². The predicted molar refractivity (Wildman–Crippen MR) is 64.3 cm³/mol. The lowest BCUT2D eigenvalue weighted by atomic mass is 9.91. The van der Waals surface area contributed by atoms with Gasteiger partial charge in [0.05, 0.1) is 0 Å². The van der Waals surface area contributed by atoms with E-state index in [4.69, 9.17) is 5.73 Å². The van der Waals surface area contributed by atoms with Crippen molar-refractivity contribution in [2.75, 3.05) is 5.75 Å². The van der Waals surface area contributed by atoms with Crippen molar-refractivity contribution in [3.05, 3.63) is 35.4 Å². The van der Waals surface area contributed by atoms with Gasteiger partial charge >= 0.3 is 0 Å².